The van der Waals surface area contributed by atoms with E-state index in [1.165, 1.54) is 17.2 Å². The molecule has 2 aromatic carbocycles. The van der Waals surface area contributed by atoms with Crippen LogP contribution >= 0.6 is 24.0 Å². The molecule has 0 aliphatic rings. The van der Waals surface area contributed by atoms with Gasteiger partial charge in [-0.2, -0.15) is 8.78 Å². The van der Waals surface area contributed by atoms with E-state index in [0.29, 0.717) is 24.6 Å². The number of halogens is 3. The van der Waals surface area contributed by atoms with Crippen molar-refractivity contribution in [3.63, 3.8) is 0 Å². The molecule has 0 saturated carbocycles. The number of rotatable bonds is 9. The summed E-state index contributed by atoms with van der Waals surface area (Å²) in [7, 11) is 4.07. The number of benzene rings is 2. The molecule has 5 nitrogen and oxygen atoms in total. The minimum absolute atomic E-state index is 0. The molecule has 160 valence electrons. The Morgan fingerprint density at radius 1 is 1.00 bits per heavy atom. The van der Waals surface area contributed by atoms with Crippen LogP contribution in [-0.2, 0) is 19.6 Å². The van der Waals surface area contributed by atoms with E-state index in [1.807, 2.05) is 33.2 Å². The monoisotopic (exact) mass is 518 g/mol. The normalized spacial score (nSPS) is 11.3. The number of aliphatic imine (C=N–C) groups is 1. The van der Waals surface area contributed by atoms with Gasteiger partial charge in [-0.25, -0.2) is 4.99 Å². The Labute approximate surface area is 188 Å². The molecule has 0 radical (unpaired) electrons. The molecule has 0 saturated heterocycles. The molecule has 0 atom stereocenters. The van der Waals surface area contributed by atoms with Crippen LogP contribution in [0.25, 0.3) is 0 Å². The summed E-state index contributed by atoms with van der Waals surface area (Å²) in [6.45, 7) is 1.52. The first-order chi connectivity index (χ1) is 13.5. The summed E-state index contributed by atoms with van der Waals surface area (Å²) >= 11 is 0. The van der Waals surface area contributed by atoms with Crippen LogP contribution in [0.4, 0.5) is 8.78 Å². The SMILES string of the molecule is CCNC(=NCc1ccccc1OC(F)F)NCc1ccccc1CN(C)C.I. The summed E-state index contributed by atoms with van der Waals surface area (Å²) in [4.78, 5) is 6.64. The molecule has 0 spiro atoms. The highest BCUT2D eigenvalue weighted by Crippen LogP contribution is 2.21. The van der Waals surface area contributed by atoms with Gasteiger partial charge in [-0.3, -0.25) is 0 Å². The number of ether oxygens (including phenoxy) is 1. The lowest BCUT2D eigenvalue weighted by Crippen LogP contribution is -2.37. The maximum atomic E-state index is 12.6. The molecule has 0 aliphatic heterocycles. The van der Waals surface area contributed by atoms with Crippen molar-refractivity contribution in [3.8, 4) is 5.75 Å². The van der Waals surface area contributed by atoms with Gasteiger partial charge in [0.15, 0.2) is 5.96 Å². The van der Waals surface area contributed by atoms with Crippen LogP contribution in [0, 0.1) is 0 Å². The fourth-order valence-electron chi connectivity index (χ4n) is 2.76. The lowest BCUT2D eigenvalue weighted by Gasteiger charge is -2.16. The van der Waals surface area contributed by atoms with Crippen LogP contribution < -0.4 is 15.4 Å². The van der Waals surface area contributed by atoms with E-state index in [1.54, 1.807) is 18.2 Å². The maximum absolute atomic E-state index is 12.6. The highest BCUT2D eigenvalue weighted by atomic mass is 127. The molecule has 2 aromatic rings. The van der Waals surface area contributed by atoms with E-state index >= 15 is 0 Å². The summed E-state index contributed by atoms with van der Waals surface area (Å²) in [5.74, 6) is 0.766. The molecular formula is C21H29F2IN4O. The molecule has 0 bridgehead atoms. The first kappa shape index (κ1) is 25.1. The van der Waals surface area contributed by atoms with Crippen molar-refractivity contribution in [1.82, 2.24) is 15.5 Å². The number of hydrogen-bond donors (Lipinski definition) is 2. The lowest BCUT2D eigenvalue weighted by atomic mass is 10.1. The summed E-state index contributed by atoms with van der Waals surface area (Å²) < 4.78 is 29.7. The molecular weight excluding hydrogens is 489 g/mol. The summed E-state index contributed by atoms with van der Waals surface area (Å²) in [5.41, 5.74) is 3.03. The van der Waals surface area contributed by atoms with Gasteiger partial charge in [0.2, 0.25) is 0 Å². The van der Waals surface area contributed by atoms with Gasteiger partial charge in [0, 0.05) is 25.2 Å². The van der Waals surface area contributed by atoms with Gasteiger partial charge in [-0.15, -0.1) is 24.0 Å². The van der Waals surface area contributed by atoms with E-state index in [2.05, 4.69) is 37.4 Å². The van der Waals surface area contributed by atoms with Crippen molar-refractivity contribution in [2.45, 2.75) is 33.2 Å². The standard InChI is InChI=1S/C21H28F2N4O.HI/c1-4-24-21(25-13-16-9-5-6-11-18(16)15-27(2)3)26-14-17-10-7-8-12-19(17)28-20(22)23;/h5-12,20H,4,13-15H2,1-3H3,(H2,24,25,26);1H. The third kappa shape index (κ3) is 8.95. The van der Waals surface area contributed by atoms with Crippen LogP contribution in [0.5, 0.6) is 5.75 Å². The number of hydrogen-bond acceptors (Lipinski definition) is 3. The summed E-state index contributed by atoms with van der Waals surface area (Å²) in [6, 6.07) is 14.9. The van der Waals surface area contributed by atoms with Crippen LogP contribution in [0.2, 0.25) is 0 Å². The largest absolute Gasteiger partial charge is 0.434 e. The Bertz CT molecular complexity index is 772. The third-order valence-electron chi connectivity index (χ3n) is 3.99. The Hall–Kier alpha value is -1.94. The second-order valence-electron chi connectivity index (χ2n) is 6.54. The molecule has 29 heavy (non-hydrogen) atoms. The fourth-order valence-corrected chi connectivity index (χ4v) is 2.76. The Morgan fingerprint density at radius 2 is 1.62 bits per heavy atom. The minimum Gasteiger partial charge on any atom is -0.434 e. The molecule has 0 aromatic heterocycles. The molecule has 0 aliphatic carbocycles. The van der Waals surface area contributed by atoms with Gasteiger partial charge >= 0.3 is 6.61 Å². The molecule has 0 unspecified atom stereocenters. The number of guanidine groups is 1. The van der Waals surface area contributed by atoms with Gasteiger partial charge in [0.05, 0.1) is 6.54 Å². The van der Waals surface area contributed by atoms with E-state index in [-0.39, 0.29) is 36.3 Å². The predicted molar refractivity (Wildman–Crippen MR) is 124 cm³/mol. The molecule has 2 N–H and O–H groups in total. The smallest absolute Gasteiger partial charge is 0.387 e. The van der Waals surface area contributed by atoms with Crippen LogP contribution in [0.1, 0.15) is 23.6 Å². The highest BCUT2D eigenvalue weighted by molar-refractivity contribution is 14.0. The van der Waals surface area contributed by atoms with E-state index in [4.69, 9.17) is 0 Å². The van der Waals surface area contributed by atoms with Crippen LogP contribution in [0.15, 0.2) is 53.5 Å². The van der Waals surface area contributed by atoms with E-state index < -0.39 is 6.61 Å². The molecule has 8 heteroatoms. The lowest BCUT2D eigenvalue weighted by molar-refractivity contribution is -0.0504. The molecule has 0 fully saturated rings. The zero-order chi connectivity index (χ0) is 20.4. The average molecular weight is 518 g/mol. The molecule has 2 rings (SSSR count). The Balaban J connectivity index is 0.00000420. The van der Waals surface area contributed by atoms with Gasteiger partial charge in [0.25, 0.3) is 0 Å². The second-order valence-corrected chi connectivity index (χ2v) is 6.54. The number of alkyl halides is 2. The van der Waals surface area contributed by atoms with Crippen molar-refractivity contribution in [2.75, 3.05) is 20.6 Å². The van der Waals surface area contributed by atoms with Gasteiger partial charge < -0.3 is 20.3 Å². The van der Waals surface area contributed by atoms with Crippen LogP contribution in [0.3, 0.4) is 0 Å². The summed E-state index contributed by atoms with van der Waals surface area (Å²) in [5, 5.41) is 6.50. The first-order valence-corrected chi connectivity index (χ1v) is 9.26. The van der Waals surface area contributed by atoms with E-state index in [9.17, 15) is 8.78 Å². The van der Waals surface area contributed by atoms with Crippen molar-refractivity contribution in [3.05, 3.63) is 65.2 Å². The topological polar surface area (TPSA) is 48.9 Å². The number of para-hydroxylation sites is 1. The van der Waals surface area contributed by atoms with Gasteiger partial charge in [-0.05, 0) is 38.2 Å². The van der Waals surface area contributed by atoms with Crippen molar-refractivity contribution in [1.29, 1.82) is 0 Å². The third-order valence-corrected chi connectivity index (χ3v) is 3.99. The molecule has 0 heterocycles. The predicted octanol–water partition coefficient (Wildman–Crippen LogP) is 4.22. The average Bonchev–Trinajstić information content (AvgIpc) is 2.65. The number of nitrogens with one attached hydrogen (secondary N) is 2. The zero-order valence-electron chi connectivity index (χ0n) is 17.0. The van der Waals surface area contributed by atoms with E-state index in [0.717, 1.165) is 6.54 Å². The van der Waals surface area contributed by atoms with Crippen LogP contribution in [-0.4, -0.2) is 38.1 Å². The number of nitrogens with zero attached hydrogens (tertiary/aromatic N) is 2. The van der Waals surface area contributed by atoms with Crippen molar-refractivity contribution in [2.24, 2.45) is 4.99 Å². The minimum atomic E-state index is -2.86. The molecule has 0 amide bonds. The van der Waals surface area contributed by atoms with Gasteiger partial charge in [-0.1, -0.05) is 42.5 Å². The summed E-state index contributed by atoms with van der Waals surface area (Å²) in [6.07, 6.45) is 0. The fraction of sp³-hybridized carbons (Fsp3) is 0.381. The van der Waals surface area contributed by atoms with Gasteiger partial charge in [0.1, 0.15) is 5.75 Å². The first-order valence-electron chi connectivity index (χ1n) is 9.26. The Morgan fingerprint density at radius 3 is 2.24 bits per heavy atom. The maximum Gasteiger partial charge on any atom is 0.387 e. The van der Waals surface area contributed by atoms with Crippen molar-refractivity contribution >= 4 is 29.9 Å². The second kappa shape index (κ2) is 13.3. The zero-order valence-corrected chi connectivity index (χ0v) is 19.3. The highest BCUT2D eigenvalue weighted by Gasteiger charge is 2.09. The Kier molecular flexibility index (Phi) is 11.5. The quantitative estimate of drug-likeness (QED) is 0.297. The van der Waals surface area contributed by atoms with Crippen molar-refractivity contribution < 1.29 is 13.5 Å².